The van der Waals surface area contributed by atoms with Gasteiger partial charge in [-0.3, -0.25) is 0 Å². The van der Waals surface area contributed by atoms with Gasteiger partial charge in [0, 0.05) is 110 Å². The summed E-state index contributed by atoms with van der Waals surface area (Å²) in [5.41, 5.74) is 0. The minimum absolute atomic E-state index is 0. The van der Waals surface area contributed by atoms with Gasteiger partial charge in [-0.25, -0.2) is 4.79 Å². The van der Waals surface area contributed by atoms with Crippen molar-refractivity contribution in [1.29, 1.82) is 0 Å². The Morgan fingerprint density at radius 3 is 2.07 bits per heavy atom. The van der Waals surface area contributed by atoms with E-state index in [4.69, 9.17) is 14.4 Å². The van der Waals surface area contributed by atoms with Crippen molar-refractivity contribution in [2.45, 2.75) is 12.5 Å². The predicted molar refractivity (Wildman–Crippen MR) is 43.0 cm³/mol. The minimum atomic E-state index is -3.96. The van der Waals surface area contributed by atoms with Crippen molar-refractivity contribution >= 4 is 14.8 Å². The molecule has 79 valence electrons. The van der Waals surface area contributed by atoms with Gasteiger partial charge in [-0.05, 0) is 6.42 Å². The van der Waals surface area contributed by atoms with Crippen LogP contribution in [0.15, 0.2) is 12.7 Å². The molecule has 3 N–H and O–H groups in total. The van der Waals surface area contributed by atoms with E-state index in [1.807, 2.05) is 0 Å². The second-order valence-electron chi connectivity index (χ2n) is 2.25. The fraction of sp³-hybridized carbons (Fsp3) is 0.500. The first kappa shape index (κ1) is 26.2. The van der Waals surface area contributed by atoms with Gasteiger partial charge in [0.1, 0.15) is 0 Å². The van der Waals surface area contributed by atoms with E-state index < -0.39 is 14.8 Å². The van der Waals surface area contributed by atoms with E-state index >= 15 is 0 Å². The molecule has 0 spiro atoms. The fourth-order valence-corrected chi connectivity index (χ4v) is 1.16. The van der Waals surface area contributed by atoms with Crippen LogP contribution in [0.25, 0.3) is 0 Å². The van der Waals surface area contributed by atoms with E-state index in [9.17, 15) is 4.79 Å². The van der Waals surface area contributed by atoms with Crippen molar-refractivity contribution in [1.82, 2.24) is 0 Å². The largest absolute Gasteiger partial charge is 0.492 e. The van der Waals surface area contributed by atoms with Gasteiger partial charge in [0.2, 0.25) is 0 Å². The van der Waals surface area contributed by atoms with Crippen LogP contribution in [-0.4, -0.2) is 35.8 Å². The van der Waals surface area contributed by atoms with Crippen LogP contribution in [0, 0.1) is 0 Å². The third-order valence-electron chi connectivity index (χ3n) is 1.07. The summed E-state index contributed by atoms with van der Waals surface area (Å²) in [6, 6.07) is -0.128. The third kappa shape index (κ3) is 22.3. The summed E-state index contributed by atoms with van der Waals surface area (Å²) in [6.07, 6.45) is 1.25. The van der Waals surface area contributed by atoms with Crippen molar-refractivity contribution in [3.8, 4) is 0 Å². The number of hydrogen-bond acceptors (Lipinski definition) is 5. The number of carbonyl (C=O) groups is 1. The number of ether oxygens (including phenoxy) is 1. The number of hydrogen-bond donors (Lipinski definition) is 3. The maximum Gasteiger partial charge on any atom is 0.492 e. The molecule has 0 saturated carbocycles. The SMILES string of the molecule is C=CC(=O)OCCC[Si](O)(O)O.[Y].[Y].[Y]. The normalized spacial score (nSPS) is 8.73. The van der Waals surface area contributed by atoms with Crippen LogP contribution < -0.4 is 0 Å². The van der Waals surface area contributed by atoms with Crippen molar-refractivity contribution in [3.05, 3.63) is 12.7 Å². The van der Waals surface area contributed by atoms with E-state index in [-0.39, 0.29) is 117 Å². The molecular formula is C6H12O5SiY3. The maximum absolute atomic E-state index is 10.4. The Bertz CT molecular complexity index is 173. The topological polar surface area (TPSA) is 87.0 Å². The third-order valence-corrected chi connectivity index (χ3v) is 2.09. The molecule has 3 radical (unpaired) electrons. The zero-order valence-corrected chi connectivity index (χ0v) is 17.8. The van der Waals surface area contributed by atoms with Gasteiger partial charge < -0.3 is 19.1 Å². The average molecular weight is 459 g/mol. The molecule has 0 aromatic rings. The summed E-state index contributed by atoms with van der Waals surface area (Å²) in [6.45, 7) is 3.23. The van der Waals surface area contributed by atoms with Crippen LogP contribution in [0.5, 0.6) is 0 Å². The predicted octanol–water partition coefficient (Wildman–Crippen LogP) is -0.986. The van der Waals surface area contributed by atoms with Crippen LogP contribution >= 0.6 is 0 Å². The molecule has 0 saturated heterocycles. The molecule has 0 aromatic carbocycles. The number of rotatable bonds is 5. The Morgan fingerprint density at radius 1 is 1.27 bits per heavy atom. The molecular weight excluding hydrogens is 447 g/mol. The molecule has 0 aromatic heterocycles. The molecule has 9 heteroatoms. The first-order valence-corrected chi connectivity index (χ1v) is 5.47. The van der Waals surface area contributed by atoms with Gasteiger partial charge in [-0.1, -0.05) is 6.58 Å². The van der Waals surface area contributed by atoms with Crippen LogP contribution in [0.4, 0.5) is 0 Å². The van der Waals surface area contributed by atoms with E-state index in [1.165, 1.54) is 0 Å². The molecule has 0 heterocycles. The van der Waals surface area contributed by atoms with Crippen molar-refractivity contribution in [2.24, 2.45) is 0 Å². The zero-order chi connectivity index (χ0) is 9.61. The summed E-state index contributed by atoms with van der Waals surface area (Å²) in [7, 11) is -3.96. The summed E-state index contributed by atoms with van der Waals surface area (Å²) in [5.74, 6) is -0.559. The fourth-order valence-electron chi connectivity index (χ4n) is 0.541. The van der Waals surface area contributed by atoms with E-state index in [0.717, 1.165) is 6.08 Å². The molecule has 0 fully saturated rings. The smallest absolute Gasteiger partial charge is 0.463 e. The van der Waals surface area contributed by atoms with Gasteiger partial charge in [0.15, 0.2) is 0 Å². The summed E-state index contributed by atoms with van der Waals surface area (Å²) < 4.78 is 4.52. The molecule has 0 aliphatic rings. The van der Waals surface area contributed by atoms with Crippen LogP contribution in [0.3, 0.4) is 0 Å². The van der Waals surface area contributed by atoms with Gasteiger partial charge in [0.25, 0.3) is 0 Å². The van der Waals surface area contributed by atoms with E-state index in [1.54, 1.807) is 0 Å². The molecule has 0 aliphatic carbocycles. The Labute approximate surface area is 165 Å². The minimum Gasteiger partial charge on any atom is -0.463 e. The molecule has 5 nitrogen and oxygen atoms in total. The Kier molecular flexibility index (Phi) is 25.7. The molecule has 0 aliphatic heterocycles. The Hall–Kier alpha value is 2.62. The second-order valence-corrected chi connectivity index (χ2v) is 4.30. The van der Waals surface area contributed by atoms with Gasteiger partial charge in [0.05, 0.1) is 6.61 Å². The van der Waals surface area contributed by atoms with Crippen LogP contribution in [0.2, 0.25) is 6.04 Å². The van der Waals surface area contributed by atoms with Crippen molar-refractivity contribution in [3.63, 3.8) is 0 Å². The van der Waals surface area contributed by atoms with Gasteiger partial charge >= 0.3 is 14.8 Å². The zero-order valence-electron chi connectivity index (χ0n) is 8.30. The van der Waals surface area contributed by atoms with E-state index in [2.05, 4.69) is 11.3 Å². The Morgan fingerprint density at radius 2 is 1.73 bits per heavy atom. The molecule has 15 heavy (non-hydrogen) atoms. The standard InChI is InChI=1S/C6H12O5Si.3Y/c1-2-6(7)11-4-3-5-12(8,9)10;;;/h2,8-10H,1,3-5H2;;;. The van der Waals surface area contributed by atoms with Gasteiger partial charge in [-0.15, -0.1) is 0 Å². The Balaban J connectivity index is -0.000000202. The quantitative estimate of drug-likeness (QED) is 0.213. The molecule has 0 unspecified atom stereocenters. The summed E-state index contributed by atoms with van der Waals surface area (Å²) in [4.78, 5) is 36.0. The molecule has 0 bridgehead atoms. The second kappa shape index (κ2) is 14.7. The van der Waals surface area contributed by atoms with Crippen molar-refractivity contribution in [2.75, 3.05) is 6.61 Å². The maximum atomic E-state index is 10.4. The first-order valence-electron chi connectivity index (χ1n) is 3.42. The van der Waals surface area contributed by atoms with Crippen LogP contribution in [-0.2, 0) is 108 Å². The van der Waals surface area contributed by atoms with Crippen LogP contribution in [0.1, 0.15) is 6.42 Å². The first-order chi connectivity index (χ1) is 5.45. The number of esters is 1. The molecule has 0 rings (SSSR count). The molecule has 0 amide bonds. The van der Waals surface area contributed by atoms with Gasteiger partial charge in [-0.2, -0.15) is 0 Å². The average Bonchev–Trinajstić information content (AvgIpc) is 1.96. The monoisotopic (exact) mass is 459 g/mol. The molecule has 0 atom stereocenters. The summed E-state index contributed by atoms with van der Waals surface area (Å²) in [5, 5.41) is 0. The number of carbonyl (C=O) groups excluding carboxylic acids is 1. The van der Waals surface area contributed by atoms with E-state index in [0.29, 0.717) is 0 Å². The summed E-state index contributed by atoms with van der Waals surface area (Å²) >= 11 is 0. The van der Waals surface area contributed by atoms with Crippen molar-refractivity contribution < 1.29 is 122 Å².